The number of benzene rings is 6. The summed E-state index contributed by atoms with van der Waals surface area (Å²) >= 11 is 20.0. The van der Waals surface area contributed by atoms with E-state index in [-0.39, 0.29) is 5.41 Å². The zero-order chi connectivity index (χ0) is 48.4. The van der Waals surface area contributed by atoms with Crippen LogP contribution < -0.4 is 0 Å². The first-order chi connectivity index (χ1) is 33.7. The van der Waals surface area contributed by atoms with Crippen molar-refractivity contribution >= 4 is 53.5 Å². The predicted octanol–water partition coefficient (Wildman–Crippen LogP) is 14.3. The zero-order valence-corrected chi connectivity index (χ0v) is 46.3. The van der Waals surface area contributed by atoms with Gasteiger partial charge in [-0.25, -0.2) is 0 Å². The summed E-state index contributed by atoms with van der Waals surface area (Å²) in [6.45, 7) is 5.95. The smallest absolute Gasteiger partial charge is 0.0566 e. The molecule has 0 aliphatic heterocycles. The van der Waals surface area contributed by atoms with Gasteiger partial charge in [0.15, 0.2) is 0 Å². The first-order valence-electron chi connectivity index (χ1n) is 25.3. The number of hydrogen-bond donors (Lipinski definition) is 0. The molecule has 3 nitrogen and oxygen atoms in total. The van der Waals surface area contributed by atoms with Gasteiger partial charge in [0.1, 0.15) is 0 Å². The van der Waals surface area contributed by atoms with Gasteiger partial charge in [-0.15, -0.1) is 0 Å². The summed E-state index contributed by atoms with van der Waals surface area (Å²) < 4.78 is 20.4. The molecule has 0 N–H and O–H groups in total. The summed E-state index contributed by atoms with van der Waals surface area (Å²) in [6, 6.07) is 59.9. The van der Waals surface area contributed by atoms with Crippen molar-refractivity contribution in [3.8, 4) is 0 Å². The minimum Gasteiger partial charge on any atom is -0.380 e. The normalized spacial score (nSPS) is 12.3. The van der Waals surface area contributed by atoms with Crippen LogP contribution in [0.5, 0.6) is 0 Å². The second-order valence-electron chi connectivity index (χ2n) is 19.1. The van der Waals surface area contributed by atoms with E-state index in [4.69, 9.17) is 49.6 Å². The van der Waals surface area contributed by atoms with Gasteiger partial charge in [0, 0.05) is 23.9 Å². The summed E-state index contributed by atoms with van der Waals surface area (Å²) in [5.41, 5.74) is 7.88. The van der Waals surface area contributed by atoms with Crippen molar-refractivity contribution in [2.24, 2.45) is 5.41 Å². The van der Waals surface area contributed by atoms with Crippen LogP contribution in [-0.2, 0) is 88.2 Å². The predicted molar refractivity (Wildman–Crippen MR) is 313 cm³/mol. The second-order valence-corrected chi connectivity index (χ2v) is 36.5. The molecule has 0 aromatic heterocycles. The van der Waals surface area contributed by atoms with Crippen LogP contribution in [0, 0.1) is 5.41 Å². The standard InChI is InChI=1S/C60H77O3P3S3/c1-2-60(51-61-39-48-64(67,42-33-54-21-9-3-10-22-54)43-34-55-23-11-4-12-24-55,52-62-40-49-65(68,44-35-56-25-13-5-14-26-56)45-36-57-27-15-6-16-28-57)53-63-41-50-66(69,46-37-58-29-17-7-18-30-58)47-38-59-31-19-8-20-32-59/h3-32H,2,33-53H2,1H3. The van der Waals surface area contributed by atoms with Crippen LogP contribution in [0.3, 0.4) is 0 Å². The van der Waals surface area contributed by atoms with Gasteiger partial charge in [-0.3, -0.25) is 0 Å². The lowest BCUT2D eigenvalue weighted by Gasteiger charge is -2.33. The molecule has 0 saturated heterocycles. The molecule has 0 heterocycles. The van der Waals surface area contributed by atoms with Crippen LogP contribution >= 0.6 is 18.1 Å². The average Bonchev–Trinajstić information content (AvgIpc) is 3.40. The van der Waals surface area contributed by atoms with Gasteiger partial charge < -0.3 is 14.2 Å². The van der Waals surface area contributed by atoms with E-state index in [0.29, 0.717) is 39.6 Å². The van der Waals surface area contributed by atoms with E-state index in [1.165, 1.54) is 33.4 Å². The molecule has 0 aliphatic carbocycles. The van der Waals surface area contributed by atoms with Gasteiger partial charge in [-0.2, -0.15) is 0 Å². The third-order valence-corrected chi connectivity index (χ3v) is 28.0. The maximum atomic E-state index is 6.81. The third kappa shape index (κ3) is 21.0. The maximum Gasteiger partial charge on any atom is 0.0566 e. The summed E-state index contributed by atoms with van der Waals surface area (Å²) in [5, 5.41) is 0. The monoisotopic (exact) mass is 1030 g/mol. The van der Waals surface area contributed by atoms with Gasteiger partial charge >= 0.3 is 0 Å². The van der Waals surface area contributed by atoms with Gasteiger partial charge in [-0.05, 0) is 133 Å². The molecular weight excluding hydrogens is 958 g/mol. The molecule has 0 spiro atoms. The highest BCUT2D eigenvalue weighted by Gasteiger charge is 2.31. The number of rotatable bonds is 34. The van der Waals surface area contributed by atoms with E-state index in [9.17, 15) is 0 Å². The van der Waals surface area contributed by atoms with Crippen LogP contribution in [-0.4, -0.2) is 95.1 Å². The Morgan fingerprint density at radius 2 is 0.493 bits per heavy atom. The van der Waals surface area contributed by atoms with Crippen molar-refractivity contribution in [3.63, 3.8) is 0 Å². The fourth-order valence-corrected chi connectivity index (χ4v) is 18.6. The Balaban J connectivity index is 1.12. The fourth-order valence-electron chi connectivity index (χ4n) is 8.86. The zero-order valence-electron chi connectivity index (χ0n) is 41.2. The van der Waals surface area contributed by atoms with Crippen LogP contribution in [0.2, 0.25) is 0 Å². The SMILES string of the molecule is CCC(COCCP(=S)(CCc1ccccc1)CCc1ccccc1)(COCCP(=S)(CCc1ccccc1)CCc1ccccc1)COCCP(=S)(CCc1ccccc1)CCc1ccccc1. The lowest BCUT2D eigenvalue weighted by Crippen LogP contribution is -2.38. The maximum absolute atomic E-state index is 6.81. The number of ether oxygens (including phenoxy) is 3. The number of aryl methyl sites for hydroxylation is 6. The Kier molecular flexibility index (Phi) is 24.3. The van der Waals surface area contributed by atoms with E-state index in [0.717, 1.165) is 100 Å². The van der Waals surface area contributed by atoms with Crippen LogP contribution in [0.1, 0.15) is 46.7 Å². The molecule has 0 amide bonds. The first-order valence-corrected chi connectivity index (χ1v) is 35.4. The highest BCUT2D eigenvalue weighted by Crippen LogP contribution is 2.49. The molecular formula is C60H77O3P3S3. The molecule has 69 heavy (non-hydrogen) atoms. The molecule has 6 rings (SSSR count). The van der Waals surface area contributed by atoms with Gasteiger partial charge in [0.05, 0.1) is 39.6 Å². The van der Waals surface area contributed by atoms with E-state index in [1.54, 1.807) is 0 Å². The molecule has 9 heteroatoms. The van der Waals surface area contributed by atoms with Gasteiger partial charge in [0.2, 0.25) is 0 Å². The molecule has 0 atom stereocenters. The van der Waals surface area contributed by atoms with Crippen LogP contribution in [0.4, 0.5) is 0 Å². The molecule has 0 fully saturated rings. The van der Waals surface area contributed by atoms with Crippen molar-refractivity contribution in [1.29, 1.82) is 0 Å². The van der Waals surface area contributed by atoms with Crippen molar-refractivity contribution in [2.75, 3.05) is 95.1 Å². The van der Waals surface area contributed by atoms with Crippen LogP contribution in [0.15, 0.2) is 182 Å². The summed E-state index contributed by atoms with van der Waals surface area (Å²) in [6.07, 6.45) is 16.1. The lowest BCUT2D eigenvalue weighted by molar-refractivity contribution is -0.0649. The largest absolute Gasteiger partial charge is 0.380 e. The topological polar surface area (TPSA) is 27.7 Å². The molecule has 6 aromatic carbocycles. The van der Waals surface area contributed by atoms with Crippen LogP contribution in [0.25, 0.3) is 0 Å². The molecule has 0 aliphatic rings. The lowest BCUT2D eigenvalue weighted by atomic mass is 9.88. The van der Waals surface area contributed by atoms with E-state index < -0.39 is 18.1 Å². The van der Waals surface area contributed by atoms with Crippen molar-refractivity contribution in [3.05, 3.63) is 215 Å². The second kappa shape index (κ2) is 30.2. The molecule has 0 bridgehead atoms. The molecule has 6 aromatic rings. The third-order valence-electron chi connectivity index (χ3n) is 13.8. The van der Waals surface area contributed by atoms with Crippen molar-refractivity contribution in [1.82, 2.24) is 0 Å². The highest BCUT2D eigenvalue weighted by molar-refractivity contribution is 8.15. The Morgan fingerprint density at radius 3 is 0.667 bits per heavy atom. The highest BCUT2D eigenvalue weighted by atomic mass is 32.4. The minimum atomic E-state index is -1.72. The quantitative estimate of drug-likeness (QED) is 0.0295. The summed E-state index contributed by atoms with van der Waals surface area (Å²) in [7, 11) is 0. The van der Waals surface area contributed by atoms with E-state index in [1.807, 2.05) is 0 Å². The average molecular weight is 1040 g/mol. The Morgan fingerprint density at radius 1 is 0.304 bits per heavy atom. The Bertz CT molecular complexity index is 2030. The minimum absolute atomic E-state index is 0.302. The Labute approximate surface area is 432 Å². The number of hydrogen-bond acceptors (Lipinski definition) is 6. The Hall–Kier alpha value is -2.85. The van der Waals surface area contributed by atoms with Crippen molar-refractivity contribution in [2.45, 2.75) is 51.9 Å². The van der Waals surface area contributed by atoms with E-state index >= 15 is 0 Å². The molecule has 0 unspecified atom stereocenters. The fraction of sp³-hybridized carbons (Fsp3) is 0.400. The van der Waals surface area contributed by atoms with E-state index in [2.05, 4.69) is 189 Å². The molecule has 0 radical (unpaired) electrons. The van der Waals surface area contributed by atoms with Gasteiger partial charge in [-0.1, -0.05) is 224 Å². The van der Waals surface area contributed by atoms with Gasteiger partial charge in [0.25, 0.3) is 0 Å². The molecule has 368 valence electrons. The summed E-state index contributed by atoms with van der Waals surface area (Å²) in [4.78, 5) is 0. The van der Waals surface area contributed by atoms with Crippen molar-refractivity contribution < 1.29 is 14.2 Å². The first kappa shape index (κ1) is 55.5. The molecule has 0 saturated carbocycles. The summed E-state index contributed by atoms with van der Waals surface area (Å²) in [5.74, 6) is 0.